The summed E-state index contributed by atoms with van der Waals surface area (Å²) in [5.41, 5.74) is 11.0. The second-order valence-corrected chi connectivity index (χ2v) is 13.6. The van der Waals surface area contributed by atoms with Gasteiger partial charge in [0.25, 0.3) is 0 Å². The first kappa shape index (κ1) is 56.4. The number of hydrogen-bond donors (Lipinski definition) is 5. The molecule has 0 rings (SSSR count). The minimum atomic E-state index is -1.07. The monoisotopic (exact) mass is 879 g/mol. The summed E-state index contributed by atoms with van der Waals surface area (Å²) in [5, 5.41) is 7.44. The first-order chi connectivity index (χ1) is 29.2. The number of amides is 8. The zero-order valence-electron chi connectivity index (χ0n) is 36.5. The van der Waals surface area contributed by atoms with Gasteiger partial charge in [0, 0.05) is 48.3 Å². The maximum atomic E-state index is 13.3. The predicted octanol–water partition coefficient (Wildman–Crippen LogP) is -5.58. The van der Waals surface area contributed by atoms with E-state index in [0.717, 1.165) is 24.5 Å². The zero-order valence-corrected chi connectivity index (χ0v) is 36.5. The molecule has 0 radical (unpaired) electrons. The molecule has 0 fully saturated rings. The highest BCUT2D eigenvalue weighted by Crippen LogP contribution is 2.04. The van der Waals surface area contributed by atoms with E-state index in [-0.39, 0.29) is 52.3 Å². The molecule has 0 spiro atoms. The van der Waals surface area contributed by atoms with Gasteiger partial charge in [0.2, 0.25) is 47.8 Å². The minimum absolute atomic E-state index is 0.153. The third-order valence-corrected chi connectivity index (χ3v) is 8.32. The predicted molar refractivity (Wildman–Crippen MR) is 219 cm³/mol. The number of carbonyl (C=O) groups excluding carboxylic acids is 8. The standard InChI is InChI=1S/C37H70N10O14/c1-43(24-31(49)41-10-12-57-14-16-59-18-20-61-22-21-60-19-17-58-15-13-56-11-9-39)35(53)27-46(4)36(54)28-47(5)37(55)30(7-6-8-38)42-32(50)25-44(2)34(52)26-45(3)33(51)23-40-29-48/h29-30H,6-28,38-39H2,1-5H3,(H,40,48)(H,41,49)(H,42,50). The van der Waals surface area contributed by atoms with Crippen molar-refractivity contribution < 1.29 is 66.8 Å². The van der Waals surface area contributed by atoms with E-state index >= 15 is 0 Å². The molecule has 0 saturated heterocycles. The van der Waals surface area contributed by atoms with Crippen LogP contribution in [0.3, 0.4) is 0 Å². The zero-order chi connectivity index (χ0) is 45.8. The summed E-state index contributed by atoms with van der Waals surface area (Å²) in [6.07, 6.45) is 0.874. The Kier molecular flexibility index (Phi) is 33.4. The molecule has 0 aliphatic heterocycles. The fourth-order valence-electron chi connectivity index (χ4n) is 4.79. The maximum absolute atomic E-state index is 13.3. The lowest BCUT2D eigenvalue weighted by Crippen LogP contribution is -2.52. The van der Waals surface area contributed by atoms with Gasteiger partial charge >= 0.3 is 0 Å². The maximum Gasteiger partial charge on any atom is 0.245 e. The molecule has 1 atom stereocenters. The molecule has 0 aromatic rings. The summed E-state index contributed by atoms with van der Waals surface area (Å²) in [7, 11) is 6.88. The number of nitrogens with one attached hydrogen (secondary N) is 3. The number of hydrogen-bond acceptors (Lipinski definition) is 16. The van der Waals surface area contributed by atoms with E-state index in [0.29, 0.717) is 92.1 Å². The molecule has 352 valence electrons. The van der Waals surface area contributed by atoms with E-state index in [1.54, 1.807) is 0 Å². The van der Waals surface area contributed by atoms with Crippen LogP contribution in [0, 0.1) is 0 Å². The average molecular weight is 879 g/mol. The van der Waals surface area contributed by atoms with Gasteiger partial charge in [-0.25, -0.2) is 0 Å². The van der Waals surface area contributed by atoms with E-state index < -0.39 is 60.5 Å². The van der Waals surface area contributed by atoms with Gasteiger partial charge < -0.3 is 80.3 Å². The fraction of sp³-hybridized carbons (Fsp3) is 0.784. The van der Waals surface area contributed by atoms with E-state index in [1.807, 2.05) is 0 Å². The Balaban J connectivity index is 4.38. The van der Waals surface area contributed by atoms with Gasteiger partial charge in [-0.15, -0.1) is 0 Å². The normalized spacial score (nSPS) is 11.3. The van der Waals surface area contributed by atoms with Crippen LogP contribution in [0.1, 0.15) is 12.8 Å². The molecule has 0 heterocycles. The van der Waals surface area contributed by atoms with Gasteiger partial charge in [0.05, 0.1) is 119 Å². The molecule has 24 heteroatoms. The van der Waals surface area contributed by atoms with E-state index in [9.17, 15) is 38.4 Å². The van der Waals surface area contributed by atoms with Crippen LogP contribution in [0.2, 0.25) is 0 Å². The summed E-state index contributed by atoms with van der Waals surface area (Å²) >= 11 is 0. The van der Waals surface area contributed by atoms with Crippen molar-refractivity contribution in [3.63, 3.8) is 0 Å². The van der Waals surface area contributed by atoms with Gasteiger partial charge in [0.1, 0.15) is 6.04 Å². The molecule has 0 saturated carbocycles. The summed E-state index contributed by atoms with van der Waals surface area (Å²) in [4.78, 5) is 105. The van der Waals surface area contributed by atoms with E-state index in [4.69, 9.17) is 39.9 Å². The molecular weight excluding hydrogens is 808 g/mol. The molecule has 0 aromatic carbocycles. The van der Waals surface area contributed by atoms with Crippen LogP contribution in [0.4, 0.5) is 0 Å². The Morgan fingerprint density at radius 2 is 0.902 bits per heavy atom. The van der Waals surface area contributed by atoms with Crippen molar-refractivity contribution in [2.75, 3.05) is 173 Å². The van der Waals surface area contributed by atoms with Crippen LogP contribution >= 0.6 is 0 Å². The number of likely N-dealkylation sites (N-methyl/N-ethyl adjacent to an activating group) is 5. The number of nitrogens with two attached hydrogens (primary N) is 2. The Morgan fingerprint density at radius 1 is 0.508 bits per heavy atom. The average Bonchev–Trinajstić information content (AvgIpc) is 3.22. The van der Waals surface area contributed by atoms with Crippen LogP contribution in [0.15, 0.2) is 0 Å². The molecule has 61 heavy (non-hydrogen) atoms. The van der Waals surface area contributed by atoms with Crippen LogP contribution in [-0.4, -0.2) is 252 Å². The first-order valence-corrected chi connectivity index (χ1v) is 20.0. The molecule has 0 bridgehead atoms. The summed E-state index contributed by atoms with van der Waals surface area (Å²) in [5.74, 6) is -3.84. The molecule has 0 aliphatic rings. The molecule has 7 N–H and O–H groups in total. The topological polar surface area (TPSA) is 296 Å². The molecule has 1 unspecified atom stereocenters. The van der Waals surface area contributed by atoms with E-state index in [2.05, 4.69) is 16.0 Å². The Bertz CT molecular complexity index is 1300. The van der Waals surface area contributed by atoms with Crippen LogP contribution in [-0.2, 0) is 66.8 Å². The van der Waals surface area contributed by atoms with Gasteiger partial charge in [0.15, 0.2) is 0 Å². The third kappa shape index (κ3) is 29.4. The smallest absolute Gasteiger partial charge is 0.245 e. The Morgan fingerprint density at radius 3 is 1.34 bits per heavy atom. The molecule has 0 aromatic heterocycles. The SMILES string of the molecule is CN(CC(=O)NCCOCCOCCOCCOCCOCCOCCN)C(=O)CN(C)C(=O)CN(C)C(=O)C(CCCN)NC(=O)CN(C)C(=O)CN(C)C(=O)CNC=O. The van der Waals surface area contributed by atoms with Crippen molar-refractivity contribution in [3.8, 4) is 0 Å². The van der Waals surface area contributed by atoms with Crippen molar-refractivity contribution >= 4 is 47.8 Å². The van der Waals surface area contributed by atoms with Gasteiger partial charge in [-0.3, -0.25) is 38.4 Å². The second kappa shape index (κ2) is 36.1. The lowest BCUT2D eigenvalue weighted by molar-refractivity contribution is -0.144. The Hall–Kier alpha value is -4.56. The molecule has 0 aliphatic carbocycles. The van der Waals surface area contributed by atoms with Crippen LogP contribution < -0.4 is 27.4 Å². The highest BCUT2D eigenvalue weighted by molar-refractivity contribution is 5.93. The highest BCUT2D eigenvalue weighted by atomic mass is 16.6. The summed E-state index contributed by atoms with van der Waals surface area (Å²) in [6.45, 7) is 3.80. The number of ether oxygens (including phenoxy) is 6. The van der Waals surface area contributed by atoms with Crippen molar-refractivity contribution in [1.82, 2.24) is 40.4 Å². The second-order valence-electron chi connectivity index (χ2n) is 13.6. The third-order valence-electron chi connectivity index (χ3n) is 8.32. The Labute approximate surface area is 358 Å². The first-order valence-electron chi connectivity index (χ1n) is 20.0. The summed E-state index contributed by atoms with van der Waals surface area (Å²) in [6, 6.07) is -1.07. The van der Waals surface area contributed by atoms with Crippen molar-refractivity contribution in [2.45, 2.75) is 18.9 Å². The van der Waals surface area contributed by atoms with Crippen LogP contribution in [0.25, 0.3) is 0 Å². The number of nitrogens with zero attached hydrogens (tertiary/aromatic N) is 5. The number of rotatable bonds is 38. The lowest BCUT2D eigenvalue weighted by atomic mass is 10.1. The van der Waals surface area contributed by atoms with Crippen molar-refractivity contribution in [2.24, 2.45) is 11.5 Å². The lowest BCUT2D eigenvalue weighted by Gasteiger charge is -2.27. The largest absolute Gasteiger partial charge is 0.378 e. The van der Waals surface area contributed by atoms with Gasteiger partial charge in [-0.2, -0.15) is 0 Å². The van der Waals surface area contributed by atoms with Crippen molar-refractivity contribution in [1.29, 1.82) is 0 Å². The summed E-state index contributed by atoms with van der Waals surface area (Å²) < 4.78 is 32.3. The fourth-order valence-corrected chi connectivity index (χ4v) is 4.79. The van der Waals surface area contributed by atoms with Gasteiger partial charge in [-0.05, 0) is 19.4 Å². The molecule has 8 amide bonds. The molecule has 24 nitrogen and oxygen atoms in total. The van der Waals surface area contributed by atoms with Crippen LogP contribution in [0.5, 0.6) is 0 Å². The highest BCUT2D eigenvalue weighted by Gasteiger charge is 2.27. The quantitative estimate of drug-likeness (QED) is 0.0285. The number of carbonyl (C=O) groups is 8. The molecular formula is C37H70N10O14. The minimum Gasteiger partial charge on any atom is -0.378 e. The van der Waals surface area contributed by atoms with E-state index in [1.165, 1.54) is 35.2 Å². The van der Waals surface area contributed by atoms with Crippen molar-refractivity contribution in [3.05, 3.63) is 0 Å². The van der Waals surface area contributed by atoms with Gasteiger partial charge in [-0.1, -0.05) is 0 Å².